The number of alkyl halides is 3. The molecule has 7 nitrogen and oxygen atoms in total. The lowest BCUT2D eigenvalue weighted by atomic mass is 10.0. The van der Waals surface area contributed by atoms with Crippen LogP contribution in [0.25, 0.3) is 11.3 Å². The first-order valence-electron chi connectivity index (χ1n) is 9.86. The lowest BCUT2D eigenvalue weighted by Crippen LogP contribution is -2.17. The Balaban J connectivity index is 1.63. The number of anilines is 1. The number of hydrogen-bond acceptors (Lipinski definition) is 4. The van der Waals surface area contributed by atoms with Gasteiger partial charge in [0.05, 0.1) is 16.9 Å². The summed E-state index contributed by atoms with van der Waals surface area (Å²) in [6, 6.07) is 10.7. The number of carbonyl (C=O) groups excluding carboxylic acids is 1. The Kier molecular flexibility index (Phi) is 6.83. The number of aryl methyl sites for hydroxylation is 1. The van der Waals surface area contributed by atoms with Gasteiger partial charge in [-0.1, -0.05) is 29.4 Å². The largest absolute Gasteiger partial charge is 0.416 e. The summed E-state index contributed by atoms with van der Waals surface area (Å²) in [6.07, 6.45) is -2.72. The fourth-order valence-electron chi connectivity index (χ4n) is 3.09. The Hall–Kier alpha value is -2.94. The highest BCUT2D eigenvalue weighted by atomic mass is 31.2. The monoisotopic (exact) mass is 482 g/mol. The molecule has 3 N–H and O–H groups in total. The van der Waals surface area contributed by atoms with E-state index < -0.39 is 24.5 Å². The lowest BCUT2D eigenvalue weighted by molar-refractivity contribution is -0.137. The maximum Gasteiger partial charge on any atom is 0.416 e. The first-order chi connectivity index (χ1) is 15.3. The summed E-state index contributed by atoms with van der Waals surface area (Å²) in [5, 5.41) is 5.02. The molecule has 0 atom stereocenters. The van der Waals surface area contributed by atoms with E-state index in [1.807, 2.05) is 0 Å². The van der Waals surface area contributed by atoms with E-state index in [1.54, 1.807) is 12.1 Å². The van der Waals surface area contributed by atoms with E-state index in [0.717, 1.165) is 12.1 Å². The van der Waals surface area contributed by atoms with E-state index in [9.17, 15) is 32.3 Å². The number of nitrogens with one attached hydrogen (secondary N) is 1. The van der Waals surface area contributed by atoms with Crippen molar-refractivity contribution in [3.05, 3.63) is 71.4 Å². The molecule has 2 aromatic carbocycles. The Labute approximate surface area is 187 Å². The molecule has 0 unspecified atom stereocenters. The molecule has 0 aliphatic carbocycles. The summed E-state index contributed by atoms with van der Waals surface area (Å²) >= 11 is 0. The van der Waals surface area contributed by atoms with Gasteiger partial charge in [-0.2, -0.15) is 13.2 Å². The molecule has 11 heteroatoms. The van der Waals surface area contributed by atoms with Crippen molar-refractivity contribution >= 4 is 19.2 Å². The van der Waals surface area contributed by atoms with Crippen molar-refractivity contribution < 1.29 is 36.8 Å². The zero-order valence-corrected chi connectivity index (χ0v) is 18.7. The smallest absolute Gasteiger partial charge is 0.356 e. The van der Waals surface area contributed by atoms with Gasteiger partial charge in [-0.05, 0) is 50.1 Å². The van der Waals surface area contributed by atoms with Crippen LogP contribution in [0.5, 0.6) is 0 Å². The molecule has 3 rings (SSSR count). The molecule has 0 saturated carbocycles. The number of rotatable bonds is 7. The summed E-state index contributed by atoms with van der Waals surface area (Å²) < 4.78 is 55.1. The number of amides is 1. The third kappa shape index (κ3) is 5.71. The minimum Gasteiger partial charge on any atom is -0.356 e. The van der Waals surface area contributed by atoms with Crippen LogP contribution in [0.2, 0.25) is 0 Å². The Morgan fingerprint density at radius 2 is 1.61 bits per heavy atom. The second kappa shape index (κ2) is 9.13. The van der Waals surface area contributed by atoms with Crippen molar-refractivity contribution in [2.24, 2.45) is 0 Å². The quantitative estimate of drug-likeness (QED) is 0.392. The maximum atomic E-state index is 12.7. The fourth-order valence-corrected chi connectivity index (χ4v) is 3.57. The molecule has 0 aliphatic heterocycles. The van der Waals surface area contributed by atoms with E-state index in [1.165, 1.54) is 44.3 Å². The topological polar surface area (TPSA) is 113 Å². The standard InChI is InChI=1S/C22H22F3N2O5P/c1-21(2,33(29,30)31)16-8-10-18(11-9-16)27-19(28)12-5-15-13-26-32-20(15)14-3-6-17(7-4-14)22(23,24)25/h3-4,6-11,13H,5,12H2,1-2H3,(H,27,28)(H2,29,30,31). The molecule has 0 spiro atoms. The second-order valence-electron chi connectivity index (χ2n) is 7.98. The molecule has 0 bridgehead atoms. The van der Waals surface area contributed by atoms with E-state index in [0.29, 0.717) is 28.1 Å². The SMILES string of the molecule is CC(C)(c1ccc(NC(=O)CCc2cnoc2-c2ccc(C(F)(F)F)cc2)cc1)P(=O)(O)O. The normalized spacial score (nSPS) is 12.6. The lowest BCUT2D eigenvalue weighted by Gasteiger charge is -2.26. The fraction of sp³-hybridized carbons (Fsp3) is 0.273. The molecule has 3 aromatic rings. The number of halogens is 3. The van der Waals surface area contributed by atoms with Crippen molar-refractivity contribution in [2.45, 2.75) is 38.0 Å². The number of aromatic nitrogens is 1. The second-order valence-corrected chi connectivity index (χ2v) is 10.2. The number of benzene rings is 2. The van der Waals surface area contributed by atoms with Gasteiger partial charge in [0.1, 0.15) is 0 Å². The predicted octanol–water partition coefficient (Wildman–Crippen LogP) is 5.34. The van der Waals surface area contributed by atoms with Gasteiger partial charge in [0.2, 0.25) is 5.91 Å². The van der Waals surface area contributed by atoms with Crippen molar-refractivity contribution in [1.82, 2.24) is 5.16 Å². The molecular weight excluding hydrogens is 460 g/mol. The highest BCUT2D eigenvalue weighted by molar-refractivity contribution is 7.53. The van der Waals surface area contributed by atoms with Gasteiger partial charge in [0, 0.05) is 23.2 Å². The van der Waals surface area contributed by atoms with Gasteiger partial charge in [0.25, 0.3) is 0 Å². The van der Waals surface area contributed by atoms with Gasteiger partial charge in [-0.3, -0.25) is 9.36 Å². The van der Waals surface area contributed by atoms with Crippen LogP contribution in [-0.2, 0) is 27.1 Å². The van der Waals surface area contributed by atoms with Crippen LogP contribution in [0.4, 0.5) is 18.9 Å². The predicted molar refractivity (Wildman–Crippen MR) is 115 cm³/mol. The van der Waals surface area contributed by atoms with Crippen LogP contribution in [0.15, 0.2) is 59.3 Å². The molecule has 33 heavy (non-hydrogen) atoms. The summed E-state index contributed by atoms with van der Waals surface area (Å²) in [5.74, 6) is -0.0305. The molecule has 1 amide bonds. The molecule has 176 valence electrons. The Morgan fingerprint density at radius 1 is 1.03 bits per heavy atom. The van der Waals surface area contributed by atoms with Crippen molar-refractivity contribution in [3.8, 4) is 11.3 Å². The summed E-state index contributed by atoms with van der Waals surface area (Å²) in [4.78, 5) is 31.4. The molecule has 1 aromatic heterocycles. The van der Waals surface area contributed by atoms with Crippen LogP contribution in [0.3, 0.4) is 0 Å². The zero-order valence-electron chi connectivity index (χ0n) is 17.8. The van der Waals surface area contributed by atoms with Gasteiger partial charge in [0.15, 0.2) is 5.76 Å². The summed E-state index contributed by atoms with van der Waals surface area (Å²) in [7, 11) is -4.37. The van der Waals surface area contributed by atoms with Gasteiger partial charge >= 0.3 is 13.8 Å². The van der Waals surface area contributed by atoms with E-state index >= 15 is 0 Å². The maximum absolute atomic E-state index is 12.7. The molecule has 0 radical (unpaired) electrons. The van der Waals surface area contributed by atoms with Gasteiger partial charge < -0.3 is 19.6 Å². The molecule has 1 heterocycles. The van der Waals surface area contributed by atoms with E-state index in [-0.39, 0.29) is 18.7 Å². The average Bonchev–Trinajstić information content (AvgIpc) is 3.20. The molecule has 0 fully saturated rings. The van der Waals surface area contributed by atoms with Crippen LogP contribution >= 0.6 is 7.60 Å². The Bertz CT molecular complexity index is 1170. The first kappa shape index (κ1) is 24.7. The van der Waals surface area contributed by atoms with Crippen molar-refractivity contribution in [3.63, 3.8) is 0 Å². The van der Waals surface area contributed by atoms with Crippen LogP contribution in [0, 0.1) is 0 Å². The van der Waals surface area contributed by atoms with Crippen LogP contribution in [-0.4, -0.2) is 20.9 Å². The number of hydrogen-bond donors (Lipinski definition) is 3. The molecule has 0 saturated heterocycles. The zero-order chi connectivity index (χ0) is 24.4. The minimum atomic E-state index is -4.44. The third-order valence-corrected chi connectivity index (χ3v) is 7.06. The average molecular weight is 482 g/mol. The first-order valence-corrected chi connectivity index (χ1v) is 11.5. The van der Waals surface area contributed by atoms with Crippen molar-refractivity contribution in [2.75, 3.05) is 5.32 Å². The van der Waals surface area contributed by atoms with Crippen LogP contribution < -0.4 is 5.32 Å². The Morgan fingerprint density at radius 3 is 2.15 bits per heavy atom. The van der Waals surface area contributed by atoms with E-state index in [4.69, 9.17) is 4.52 Å². The van der Waals surface area contributed by atoms with Crippen molar-refractivity contribution in [1.29, 1.82) is 0 Å². The molecule has 0 aliphatic rings. The highest BCUT2D eigenvalue weighted by Crippen LogP contribution is 2.56. The summed E-state index contributed by atoms with van der Waals surface area (Å²) in [5.41, 5.74) is 1.10. The summed E-state index contributed by atoms with van der Waals surface area (Å²) in [6.45, 7) is 2.88. The van der Waals surface area contributed by atoms with Gasteiger partial charge in [-0.15, -0.1) is 0 Å². The highest BCUT2D eigenvalue weighted by Gasteiger charge is 2.39. The number of carbonyl (C=O) groups is 1. The third-order valence-electron chi connectivity index (χ3n) is 5.34. The molecular formula is C22H22F3N2O5P. The minimum absolute atomic E-state index is 0.0601. The van der Waals surface area contributed by atoms with Crippen LogP contribution in [0.1, 0.15) is 37.0 Å². The number of nitrogens with zero attached hydrogens (tertiary/aromatic N) is 1. The van der Waals surface area contributed by atoms with E-state index in [2.05, 4.69) is 10.5 Å². The van der Waals surface area contributed by atoms with Gasteiger partial charge in [-0.25, -0.2) is 0 Å².